The normalized spacial score (nSPS) is 10.9. The molecule has 0 aliphatic rings. The molecule has 156 valence electrons. The number of rotatable bonds is 7. The molecule has 0 spiro atoms. The van der Waals surface area contributed by atoms with Crippen LogP contribution in [0.25, 0.3) is 11.0 Å². The lowest BCUT2D eigenvalue weighted by Crippen LogP contribution is -2.26. The molecular formula is C24H19Cl2N3O2. The maximum absolute atomic E-state index is 12.8. The van der Waals surface area contributed by atoms with Gasteiger partial charge in [0.25, 0.3) is 5.91 Å². The molecule has 3 aromatic carbocycles. The van der Waals surface area contributed by atoms with Crippen LogP contribution in [0.1, 0.15) is 26.5 Å². The van der Waals surface area contributed by atoms with Gasteiger partial charge in [0.15, 0.2) is 5.78 Å². The Morgan fingerprint density at radius 3 is 2.42 bits per heavy atom. The number of benzene rings is 3. The van der Waals surface area contributed by atoms with E-state index in [0.29, 0.717) is 34.1 Å². The van der Waals surface area contributed by atoms with Gasteiger partial charge in [-0.2, -0.15) is 0 Å². The van der Waals surface area contributed by atoms with Crippen LogP contribution in [0, 0.1) is 0 Å². The van der Waals surface area contributed by atoms with Gasteiger partial charge in [-0.15, -0.1) is 0 Å². The van der Waals surface area contributed by atoms with Gasteiger partial charge in [0.1, 0.15) is 5.82 Å². The molecule has 1 heterocycles. The van der Waals surface area contributed by atoms with E-state index < -0.39 is 0 Å². The van der Waals surface area contributed by atoms with Crippen LogP contribution < -0.4 is 5.32 Å². The van der Waals surface area contributed by atoms with Crippen LogP contribution in [0.3, 0.4) is 0 Å². The lowest BCUT2D eigenvalue weighted by molar-refractivity contribution is 0.0948. The summed E-state index contributed by atoms with van der Waals surface area (Å²) in [6.45, 7) is 0.531. The van der Waals surface area contributed by atoms with Crippen LogP contribution in [-0.2, 0) is 13.0 Å². The number of nitrogens with one attached hydrogen (secondary N) is 1. The summed E-state index contributed by atoms with van der Waals surface area (Å²) in [5, 5.41) is 3.98. The van der Waals surface area contributed by atoms with Gasteiger partial charge in [0.05, 0.1) is 17.6 Å². The molecule has 0 saturated heterocycles. The van der Waals surface area contributed by atoms with Crippen molar-refractivity contribution in [2.45, 2.75) is 13.0 Å². The fourth-order valence-electron chi connectivity index (χ4n) is 3.38. The van der Waals surface area contributed by atoms with Crippen LogP contribution in [0.2, 0.25) is 10.0 Å². The van der Waals surface area contributed by atoms with Crippen molar-refractivity contribution >= 4 is 45.9 Å². The molecule has 0 bridgehead atoms. The van der Waals surface area contributed by atoms with Crippen molar-refractivity contribution in [1.82, 2.24) is 14.9 Å². The van der Waals surface area contributed by atoms with Crippen molar-refractivity contribution in [3.05, 3.63) is 99.8 Å². The lowest BCUT2D eigenvalue weighted by Gasteiger charge is -2.10. The minimum Gasteiger partial charge on any atom is -0.352 e. The molecule has 1 amide bonds. The quantitative estimate of drug-likeness (QED) is 0.392. The number of fused-ring (bicyclic) bond motifs is 1. The zero-order valence-electron chi connectivity index (χ0n) is 16.5. The topological polar surface area (TPSA) is 64.0 Å². The first-order chi connectivity index (χ1) is 15.0. The van der Waals surface area contributed by atoms with E-state index in [2.05, 4.69) is 10.3 Å². The molecule has 7 heteroatoms. The molecule has 0 saturated carbocycles. The second-order valence-corrected chi connectivity index (χ2v) is 7.92. The van der Waals surface area contributed by atoms with Crippen molar-refractivity contribution < 1.29 is 9.59 Å². The van der Waals surface area contributed by atoms with Crippen LogP contribution >= 0.6 is 23.2 Å². The van der Waals surface area contributed by atoms with E-state index in [-0.39, 0.29) is 18.2 Å². The minimum absolute atomic E-state index is 0.0379. The Kier molecular flexibility index (Phi) is 6.35. The van der Waals surface area contributed by atoms with Gasteiger partial charge in [-0.3, -0.25) is 9.59 Å². The van der Waals surface area contributed by atoms with Crippen molar-refractivity contribution in [3.8, 4) is 0 Å². The van der Waals surface area contributed by atoms with E-state index in [4.69, 9.17) is 23.2 Å². The Bertz CT molecular complexity index is 1250. The molecule has 0 fully saturated rings. The highest BCUT2D eigenvalue weighted by molar-refractivity contribution is 6.31. The third-order valence-electron chi connectivity index (χ3n) is 4.92. The Hall–Kier alpha value is -3.15. The number of para-hydroxylation sites is 2. The minimum atomic E-state index is -0.206. The van der Waals surface area contributed by atoms with Crippen LogP contribution in [0.5, 0.6) is 0 Å². The second-order valence-electron chi connectivity index (χ2n) is 7.05. The number of amides is 1. The Morgan fingerprint density at radius 1 is 0.871 bits per heavy atom. The first kappa shape index (κ1) is 21.1. The van der Waals surface area contributed by atoms with Gasteiger partial charge in [0.2, 0.25) is 0 Å². The number of halogens is 2. The molecule has 0 unspecified atom stereocenters. The molecule has 4 rings (SSSR count). The fourth-order valence-corrected chi connectivity index (χ4v) is 3.70. The third kappa shape index (κ3) is 4.95. The van der Waals surface area contributed by atoms with Crippen molar-refractivity contribution in [2.24, 2.45) is 0 Å². The van der Waals surface area contributed by atoms with Crippen molar-refractivity contribution in [3.63, 3.8) is 0 Å². The number of Topliss-reactive ketones (excluding diaryl/α,β-unsaturated/α-hetero) is 1. The molecule has 0 aliphatic carbocycles. The average molecular weight is 452 g/mol. The van der Waals surface area contributed by atoms with Gasteiger partial charge in [-0.05, 0) is 54.6 Å². The smallest absolute Gasteiger partial charge is 0.251 e. The largest absolute Gasteiger partial charge is 0.352 e. The fraction of sp³-hybridized carbons (Fsp3) is 0.125. The van der Waals surface area contributed by atoms with E-state index in [1.54, 1.807) is 48.5 Å². The number of imidazole rings is 1. The second kappa shape index (κ2) is 9.33. The Labute approximate surface area is 189 Å². The van der Waals surface area contributed by atoms with E-state index in [0.717, 1.165) is 16.9 Å². The Morgan fingerprint density at radius 2 is 1.65 bits per heavy atom. The zero-order valence-corrected chi connectivity index (χ0v) is 18.0. The van der Waals surface area contributed by atoms with Gasteiger partial charge in [0, 0.05) is 34.1 Å². The highest BCUT2D eigenvalue weighted by Gasteiger charge is 2.15. The van der Waals surface area contributed by atoms with Crippen molar-refractivity contribution in [1.29, 1.82) is 0 Å². The molecule has 1 N–H and O–H groups in total. The predicted molar refractivity (Wildman–Crippen MR) is 123 cm³/mol. The molecular weight excluding hydrogens is 433 g/mol. The monoisotopic (exact) mass is 451 g/mol. The van der Waals surface area contributed by atoms with Gasteiger partial charge < -0.3 is 9.88 Å². The third-order valence-corrected chi connectivity index (χ3v) is 5.41. The maximum Gasteiger partial charge on any atom is 0.251 e. The average Bonchev–Trinajstić information content (AvgIpc) is 3.11. The summed E-state index contributed by atoms with van der Waals surface area (Å²) in [4.78, 5) is 29.9. The maximum atomic E-state index is 12.8. The highest BCUT2D eigenvalue weighted by atomic mass is 35.5. The Balaban J connectivity index is 1.51. The summed E-state index contributed by atoms with van der Waals surface area (Å²) >= 11 is 11.9. The number of hydrogen-bond donors (Lipinski definition) is 1. The summed E-state index contributed by atoms with van der Waals surface area (Å²) in [6.07, 6.45) is 0.481. The number of hydrogen-bond acceptors (Lipinski definition) is 3. The van der Waals surface area contributed by atoms with Crippen molar-refractivity contribution in [2.75, 3.05) is 6.54 Å². The number of carbonyl (C=O) groups excluding carboxylic acids is 2. The van der Waals surface area contributed by atoms with Crippen LogP contribution in [0.4, 0.5) is 0 Å². The standard InChI is InChI=1S/C24H19Cl2N3O2/c25-18-10-8-16(9-11-18)22(30)15-29-21-7-2-1-6-20(21)28-23(29)12-13-27-24(31)17-4-3-5-19(26)14-17/h1-11,14H,12-13,15H2,(H,27,31). The number of carbonyl (C=O) groups is 2. The molecule has 1 aromatic heterocycles. The van der Waals surface area contributed by atoms with E-state index in [1.807, 2.05) is 28.8 Å². The summed E-state index contributed by atoms with van der Waals surface area (Å²) in [7, 11) is 0. The molecule has 0 atom stereocenters. The van der Waals surface area contributed by atoms with E-state index in [9.17, 15) is 9.59 Å². The molecule has 4 aromatic rings. The van der Waals surface area contributed by atoms with E-state index in [1.165, 1.54) is 0 Å². The van der Waals surface area contributed by atoms with E-state index >= 15 is 0 Å². The SMILES string of the molecule is O=C(Cn1c(CCNC(=O)c2cccc(Cl)c2)nc2ccccc21)c1ccc(Cl)cc1. The summed E-state index contributed by atoms with van der Waals surface area (Å²) in [6, 6.07) is 21.3. The lowest BCUT2D eigenvalue weighted by atomic mass is 10.1. The number of aromatic nitrogens is 2. The van der Waals surface area contributed by atoms with Crippen LogP contribution in [-0.4, -0.2) is 27.8 Å². The van der Waals surface area contributed by atoms with Gasteiger partial charge in [-0.1, -0.05) is 41.4 Å². The molecule has 0 radical (unpaired) electrons. The summed E-state index contributed by atoms with van der Waals surface area (Å²) in [5.41, 5.74) is 2.77. The summed E-state index contributed by atoms with van der Waals surface area (Å²) in [5.74, 6) is 0.487. The molecule has 5 nitrogen and oxygen atoms in total. The first-order valence-electron chi connectivity index (χ1n) is 9.78. The van der Waals surface area contributed by atoms with Gasteiger partial charge in [-0.25, -0.2) is 4.98 Å². The summed E-state index contributed by atoms with van der Waals surface area (Å²) < 4.78 is 1.90. The molecule has 0 aliphatic heterocycles. The first-order valence-corrected chi connectivity index (χ1v) is 10.5. The zero-order chi connectivity index (χ0) is 21.8. The number of ketones is 1. The van der Waals surface area contributed by atoms with Gasteiger partial charge >= 0.3 is 0 Å². The predicted octanol–water partition coefficient (Wildman–Crippen LogP) is 5.20. The highest BCUT2D eigenvalue weighted by Crippen LogP contribution is 2.18. The number of nitrogens with zero attached hydrogens (tertiary/aromatic N) is 2. The molecule has 31 heavy (non-hydrogen) atoms. The van der Waals surface area contributed by atoms with Crippen LogP contribution in [0.15, 0.2) is 72.8 Å².